The first kappa shape index (κ1) is 15.0. The van der Waals surface area contributed by atoms with Crippen molar-refractivity contribution in [3.63, 3.8) is 0 Å². The summed E-state index contributed by atoms with van der Waals surface area (Å²) in [6.45, 7) is 6.51. The molecule has 2 aromatic rings. The molecular weight excluding hydrogens is 292 g/mol. The molecule has 1 aromatic heterocycles. The fourth-order valence-corrected chi connectivity index (χ4v) is 3.99. The molecule has 0 spiro atoms. The summed E-state index contributed by atoms with van der Waals surface area (Å²) in [6.07, 6.45) is -0.397. The van der Waals surface area contributed by atoms with E-state index in [4.69, 9.17) is 4.74 Å². The van der Waals surface area contributed by atoms with Crippen LogP contribution in [0.2, 0.25) is 0 Å². The van der Waals surface area contributed by atoms with Crippen molar-refractivity contribution >= 4 is 36.9 Å². The quantitative estimate of drug-likeness (QED) is 0.698. The lowest BCUT2D eigenvalue weighted by atomic mass is 10.1. The molecule has 0 radical (unpaired) electrons. The molecule has 0 bridgehead atoms. The first-order valence-electron chi connectivity index (χ1n) is 6.39. The maximum absolute atomic E-state index is 11.5. The Balaban J connectivity index is 1.89. The Labute approximate surface area is 125 Å². The molecule has 0 aliphatic carbocycles. The molecule has 2 rings (SSSR count). The van der Waals surface area contributed by atoms with Crippen molar-refractivity contribution in [1.29, 1.82) is 0 Å². The van der Waals surface area contributed by atoms with Crippen LogP contribution >= 0.6 is 20.7 Å². The maximum Gasteiger partial charge on any atom is 0.407 e. The van der Waals surface area contributed by atoms with Crippen molar-refractivity contribution < 1.29 is 9.53 Å². The van der Waals surface area contributed by atoms with Gasteiger partial charge in [0.1, 0.15) is 11.3 Å². The molecule has 4 nitrogen and oxygen atoms in total. The lowest BCUT2D eigenvalue weighted by Gasteiger charge is -2.19. The number of benzene rings is 1. The molecule has 0 unspecified atom stereocenters. The van der Waals surface area contributed by atoms with Crippen LogP contribution in [0.5, 0.6) is 0 Å². The van der Waals surface area contributed by atoms with Crippen LogP contribution in [0.25, 0.3) is 10.1 Å². The summed E-state index contributed by atoms with van der Waals surface area (Å²) in [5.74, 6) is 0. The van der Waals surface area contributed by atoms with Crippen molar-refractivity contribution in [2.45, 2.75) is 26.3 Å². The van der Waals surface area contributed by atoms with Gasteiger partial charge in [0.05, 0.1) is 6.54 Å². The van der Waals surface area contributed by atoms with Gasteiger partial charge in [-0.05, 0) is 26.8 Å². The molecular formula is C14H18N2O2S2. The summed E-state index contributed by atoms with van der Waals surface area (Å²) >= 11 is 0. The molecule has 0 aliphatic heterocycles. The average molecular weight is 310 g/mol. The van der Waals surface area contributed by atoms with Gasteiger partial charge in [0.25, 0.3) is 0 Å². The summed E-state index contributed by atoms with van der Waals surface area (Å²) in [6, 6.07) is 8.18. The first-order chi connectivity index (χ1) is 9.46. The molecule has 1 aromatic carbocycles. The number of rotatable bonds is 3. The second kappa shape index (κ2) is 6.37. The zero-order chi connectivity index (χ0) is 14.6. The number of carbonyl (C=O) groups excluding carboxylic acids is 1. The lowest BCUT2D eigenvalue weighted by molar-refractivity contribution is 0.140. The Hall–Kier alpha value is -1.40. The van der Waals surface area contributed by atoms with Crippen molar-refractivity contribution in [2.24, 2.45) is 4.99 Å². The average Bonchev–Trinajstić information content (AvgIpc) is 2.76. The third-order valence-corrected chi connectivity index (χ3v) is 4.77. The molecule has 0 atom stereocenters. The van der Waals surface area contributed by atoms with Gasteiger partial charge in [-0.3, -0.25) is 4.99 Å². The minimum Gasteiger partial charge on any atom is -0.448 e. The highest BCUT2D eigenvalue weighted by molar-refractivity contribution is 7.71. The molecule has 0 fully saturated rings. The number of amides is 1. The van der Waals surface area contributed by atoms with E-state index in [9.17, 15) is 4.79 Å². The number of hydrogen-bond donors (Lipinski definition) is 1. The standard InChI is InChI=1S/C14H18N2O2S2/c1-14(2,3)16-13(17)18-9-8-15-12-10-6-4-5-7-11(10)19-20-12/h4-7H,8-9H2,1-3H3,(H,16,17). The second-order valence-electron chi connectivity index (χ2n) is 5.36. The number of ether oxygens (including phenoxy) is 1. The highest BCUT2D eigenvalue weighted by Crippen LogP contribution is 2.19. The van der Waals surface area contributed by atoms with E-state index in [-0.39, 0.29) is 5.54 Å². The van der Waals surface area contributed by atoms with Crippen LogP contribution in [-0.4, -0.2) is 24.8 Å². The minimum atomic E-state index is -0.397. The fourth-order valence-electron chi connectivity index (χ4n) is 1.58. The number of fused-ring (bicyclic) bond motifs is 1. The van der Waals surface area contributed by atoms with Gasteiger partial charge in [0.15, 0.2) is 0 Å². The number of nitrogens with one attached hydrogen (secondary N) is 1. The lowest BCUT2D eigenvalue weighted by Crippen LogP contribution is -2.41. The summed E-state index contributed by atoms with van der Waals surface area (Å²) in [4.78, 5) is 15.9. The minimum absolute atomic E-state index is 0.278. The number of hydrogen-bond acceptors (Lipinski definition) is 5. The third-order valence-electron chi connectivity index (χ3n) is 2.38. The predicted molar refractivity (Wildman–Crippen MR) is 84.4 cm³/mol. The van der Waals surface area contributed by atoms with Gasteiger partial charge in [-0.2, -0.15) is 0 Å². The number of alkyl carbamates (subject to hydrolysis) is 1. The van der Waals surface area contributed by atoms with Crippen LogP contribution < -0.4 is 9.99 Å². The number of nitrogens with zero attached hydrogens (tertiary/aromatic N) is 1. The highest BCUT2D eigenvalue weighted by Gasteiger charge is 2.13. The van der Waals surface area contributed by atoms with Gasteiger partial charge in [0, 0.05) is 15.6 Å². The Morgan fingerprint density at radius 2 is 2.05 bits per heavy atom. The van der Waals surface area contributed by atoms with Crippen molar-refractivity contribution in [1.82, 2.24) is 5.32 Å². The monoisotopic (exact) mass is 310 g/mol. The SMILES string of the molecule is CC(C)(C)NC(=O)OCCN=c1ssc2ccccc12. The Bertz CT molecular complexity index is 653. The third kappa shape index (κ3) is 4.31. The maximum atomic E-state index is 11.5. The molecule has 20 heavy (non-hydrogen) atoms. The van der Waals surface area contributed by atoms with Gasteiger partial charge in [0.2, 0.25) is 0 Å². The van der Waals surface area contributed by atoms with Gasteiger partial charge in [-0.1, -0.05) is 38.9 Å². The van der Waals surface area contributed by atoms with Crippen LogP contribution in [0.4, 0.5) is 4.79 Å². The Morgan fingerprint density at radius 1 is 1.30 bits per heavy atom. The van der Waals surface area contributed by atoms with Crippen molar-refractivity contribution in [3.8, 4) is 0 Å². The van der Waals surface area contributed by atoms with Crippen LogP contribution in [0.3, 0.4) is 0 Å². The van der Waals surface area contributed by atoms with Crippen LogP contribution in [0.1, 0.15) is 20.8 Å². The van der Waals surface area contributed by atoms with Crippen LogP contribution in [0.15, 0.2) is 29.3 Å². The largest absolute Gasteiger partial charge is 0.448 e. The second-order valence-corrected chi connectivity index (χ2v) is 7.52. The van der Waals surface area contributed by atoms with Gasteiger partial charge < -0.3 is 10.1 Å². The van der Waals surface area contributed by atoms with E-state index in [1.54, 1.807) is 20.7 Å². The van der Waals surface area contributed by atoms with E-state index in [2.05, 4.69) is 22.4 Å². The molecule has 1 N–H and O–H groups in total. The molecule has 0 saturated carbocycles. The smallest absolute Gasteiger partial charge is 0.407 e. The Kier molecular flexibility index (Phi) is 4.77. The highest BCUT2D eigenvalue weighted by atomic mass is 32.9. The van der Waals surface area contributed by atoms with E-state index >= 15 is 0 Å². The van der Waals surface area contributed by atoms with Crippen molar-refractivity contribution in [3.05, 3.63) is 28.9 Å². The molecule has 1 heterocycles. The summed E-state index contributed by atoms with van der Waals surface area (Å²) in [5.41, 5.74) is -0.278. The van der Waals surface area contributed by atoms with E-state index in [1.807, 2.05) is 32.9 Å². The molecule has 6 heteroatoms. The zero-order valence-electron chi connectivity index (χ0n) is 11.8. The number of carbonyl (C=O) groups is 1. The van der Waals surface area contributed by atoms with E-state index in [0.29, 0.717) is 13.2 Å². The topological polar surface area (TPSA) is 50.7 Å². The van der Waals surface area contributed by atoms with Gasteiger partial charge >= 0.3 is 6.09 Å². The van der Waals surface area contributed by atoms with E-state index < -0.39 is 6.09 Å². The van der Waals surface area contributed by atoms with E-state index in [1.165, 1.54) is 10.1 Å². The molecule has 108 valence electrons. The zero-order valence-corrected chi connectivity index (χ0v) is 13.4. The van der Waals surface area contributed by atoms with Crippen LogP contribution in [0, 0.1) is 0 Å². The van der Waals surface area contributed by atoms with Crippen LogP contribution in [-0.2, 0) is 4.74 Å². The molecule has 1 amide bonds. The fraction of sp³-hybridized carbons (Fsp3) is 0.429. The van der Waals surface area contributed by atoms with Crippen molar-refractivity contribution in [2.75, 3.05) is 13.2 Å². The van der Waals surface area contributed by atoms with Gasteiger partial charge in [-0.25, -0.2) is 4.79 Å². The van der Waals surface area contributed by atoms with Gasteiger partial charge in [-0.15, -0.1) is 0 Å². The van der Waals surface area contributed by atoms with E-state index in [0.717, 1.165) is 4.67 Å². The Morgan fingerprint density at radius 3 is 2.80 bits per heavy atom. The summed E-state index contributed by atoms with van der Waals surface area (Å²) in [7, 11) is 3.36. The normalized spacial score (nSPS) is 12.7. The summed E-state index contributed by atoms with van der Waals surface area (Å²) < 4.78 is 7.34. The molecule has 0 aliphatic rings. The summed E-state index contributed by atoms with van der Waals surface area (Å²) in [5, 5.41) is 3.91. The molecule has 0 saturated heterocycles. The first-order valence-corrected chi connectivity index (χ1v) is 8.54. The predicted octanol–water partition coefficient (Wildman–Crippen LogP) is 3.39.